The first-order chi connectivity index (χ1) is 12.3. The van der Waals surface area contributed by atoms with Crippen LogP contribution in [-0.2, 0) is 4.79 Å². The molecule has 0 atom stereocenters. The number of allylic oxidation sites excluding steroid dienone is 2. The van der Waals surface area contributed by atoms with E-state index in [-0.39, 0.29) is 17.2 Å². The van der Waals surface area contributed by atoms with E-state index < -0.39 is 17.5 Å². The summed E-state index contributed by atoms with van der Waals surface area (Å²) in [7, 11) is 0. The summed E-state index contributed by atoms with van der Waals surface area (Å²) >= 11 is 0. The van der Waals surface area contributed by atoms with Crippen molar-refractivity contribution >= 4 is 11.8 Å². The van der Waals surface area contributed by atoms with Crippen LogP contribution in [0.5, 0.6) is 0 Å². The van der Waals surface area contributed by atoms with Crippen molar-refractivity contribution in [2.24, 2.45) is 5.73 Å². The monoisotopic (exact) mass is 363 g/mol. The molecule has 0 aliphatic carbocycles. The summed E-state index contributed by atoms with van der Waals surface area (Å²) in [4.78, 5) is 23.6. The van der Waals surface area contributed by atoms with Crippen molar-refractivity contribution in [1.29, 1.82) is 0 Å². The number of nitrogens with one attached hydrogen (secondary N) is 2. The van der Waals surface area contributed by atoms with Gasteiger partial charge in [0.05, 0.1) is 11.3 Å². The Morgan fingerprint density at radius 1 is 1.19 bits per heavy atom. The van der Waals surface area contributed by atoms with Crippen LogP contribution in [0.1, 0.15) is 36.0 Å². The second-order valence-electron chi connectivity index (χ2n) is 5.58. The van der Waals surface area contributed by atoms with Crippen molar-refractivity contribution in [2.45, 2.75) is 25.7 Å². The molecule has 1 aromatic carbocycles. The van der Waals surface area contributed by atoms with Crippen LogP contribution in [0.4, 0.5) is 8.78 Å². The number of nitrogens with two attached hydrogens (primary N) is 1. The zero-order valence-corrected chi connectivity index (χ0v) is 14.5. The maximum Gasteiger partial charge on any atom is 0.254 e. The average Bonchev–Trinajstić information content (AvgIpc) is 2.57. The third-order valence-corrected chi connectivity index (χ3v) is 3.45. The second-order valence-corrected chi connectivity index (χ2v) is 5.58. The average molecular weight is 363 g/mol. The zero-order valence-electron chi connectivity index (χ0n) is 14.5. The first kappa shape index (κ1) is 21.1. The van der Waals surface area contributed by atoms with Gasteiger partial charge in [0.25, 0.3) is 5.91 Å². The highest BCUT2D eigenvalue weighted by molar-refractivity contribution is 5.94. The molecule has 1 aromatic rings. The van der Waals surface area contributed by atoms with Gasteiger partial charge in [0.1, 0.15) is 11.6 Å². The molecule has 0 radical (unpaired) electrons. The van der Waals surface area contributed by atoms with Crippen molar-refractivity contribution in [3.05, 3.63) is 72.1 Å². The lowest BCUT2D eigenvalue weighted by Crippen LogP contribution is -2.26. The predicted molar refractivity (Wildman–Crippen MR) is 96.9 cm³/mol. The van der Waals surface area contributed by atoms with Crippen molar-refractivity contribution in [3.8, 4) is 0 Å². The number of hydrogen-bond donors (Lipinski definition) is 3. The largest absolute Gasteiger partial charge is 0.398 e. The fraction of sp³-hybridized carbons (Fsp3) is 0.263. The van der Waals surface area contributed by atoms with Crippen LogP contribution in [0.2, 0.25) is 0 Å². The lowest BCUT2D eigenvalue weighted by molar-refractivity contribution is -0.120. The molecular weight excluding hydrogens is 340 g/mol. The number of halogens is 2. The van der Waals surface area contributed by atoms with Crippen LogP contribution >= 0.6 is 0 Å². The standard InChI is InChI=1S/C19H23F2N3O2/c1-3-7-17(13(2)22)24-18(25)8-5-4-6-11-23-19(26)15-10-9-14(20)12-16(15)21/h3,7,9-10,12H,1-2,4-6,8,11,22H2,(H,23,26)(H,24,25)/b17-7+. The molecule has 0 bridgehead atoms. The topological polar surface area (TPSA) is 84.2 Å². The van der Waals surface area contributed by atoms with E-state index in [2.05, 4.69) is 23.8 Å². The van der Waals surface area contributed by atoms with Crippen LogP contribution < -0.4 is 16.4 Å². The molecule has 2 amide bonds. The summed E-state index contributed by atoms with van der Waals surface area (Å²) in [6.45, 7) is 7.42. The number of amides is 2. The van der Waals surface area contributed by atoms with Gasteiger partial charge >= 0.3 is 0 Å². The normalized spacial score (nSPS) is 10.9. The Kier molecular flexibility index (Phi) is 8.77. The smallest absolute Gasteiger partial charge is 0.254 e. The van der Waals surface area contributed by atoms with E-state index in [1.165, 1.54) is 6.08 Å². The highest BCUT2D eigenvalue weighted by Crippen LogP contribution is 2.09. The lowest BCUT2D eigenvalue weighted by Gasteiger charge is -2.09. The number of rotatable bonds is 10. The number of unbranched alkanes of at least 4 members (excludes halogenated alkanes) is 2. The maximum absolute atomic E-state index is 13.5. The summed E-state index contributed by atoms with van der Waals surface area (Å²) in [6, 6.07) is 2.80. The molecule has 4 N–H and O–H groups in total. The Balaban J connectivity index is 2.25. The second kappa shape index (κ2) is 10.8. The van der Waals surface area contributed by atoms with E-state index >= 15 is 0 Å². The number of carbonyl (C=O) groups is 2. The summed E-state index contributed by atoms with van der Waals surface area (Å²) in [5.41, 5.74) is 6.01. The molecule has 140 valence electrons. The first-order valence-corrected chi connectivity index (χ1v) is 8.15. The fourth-order valence-electron chi connectivity index (χ4n) is 2.12. The van der Waals surface area contributed by atoms with Crippen molar-refractivity contribution in [2.75, 3.05) is 6.54 Å². The van der Waals surface area contributed by atoms with Crippen LogP contribution in [0.3, 0.4) is 0 Å². The molecule has 0 heterocycles. The molecule has 0 fully saturated rings. The molecule has 26 heavy (non-hydrogen) atoms. The Hall–Kier alpha value is -2.96. The molecule has 1 rings (SSSR count). The van der Waals surface area contributed by atoms with Crippen LogP contribution in [-0.4, -0.2) is 18.4 Å². The third kappa shape index (κ3) is 7.29. The SMILES string of the molecule is C=C/C=C(/NC(=O)CCCCCNC(=O)c1ccc(F)cc1F)C(=C)N. The Morgan fingerprint density at radius 3 is 2.54 bits per heavy atom. The van der Waals surface area contributed by atoms with Gasteiger partial charge in [-0.05, 0) is 31.1 Å². The van der Waals surface area contributed by atoms with Gasteiger partial charge in [0.15, 0.2) is 0 Å². The van der Waals surface area contributed by atoms with Crippen LogP contribution in [0.25, 0.3) is 0 Å². The molecule has 0 aliphatic rings. The quantitative estimate of drug-likeness (QED) is 0.441. The maximum atomic E-state index is 13.5. The fourth-order valence-corrected chi connectivity index (χ4v) is 2.12. The molecule has 7 heteroatoms. The molecular formula is C19H23F2N3O2. The van der Waals surface area contributed by atoms with Gasteiger partial charge in [-0.25, -0.2) is 8.78 Å². The summed E-state index contributed by atoms with van der Waals surface area (Å²) in [5.74, 6) is -2.42. The predicted octanol–water partition coefficient (Wildman–Crippen LogP) is 2.91. The van der Waals surface area contributed by atoms with Gasteiger partial charge in [0.2, 0.25) is 5.91 Å². The molecule has 0 saturated carbocycles. The number of benzene rings is 1. The zero-order chi connectivity index (χ0) is 19.5. The molecule has 0 spiro atoms. The summed E-state index contributed by atoms with van der Waals surface area (Å²) < 4.78 is 26.3. The van der Waals surface area contributed by atoms with Gasteiger partial charge in [-0.1, -0.05) is 25.7 Å². The van der Waals surface area contributed by atoms with Crippen molar-refractivity contribution < 1.29 is 18.4 Å². The molecule has 0 saturated heterocycles. The Labute approximate surface area is 151 Å². The van der Waals surface area contributed by atoms with Gasteiger partial charge in [0, 0.05) is 24.7 Å². The molecule has 0 aromatic heterocycles. The van der Waals surface area contributed by atoms with E-state index in [1.54, 1.807) is 6.08 Å². The summed E-state index contributed by atoms with van der Waals surface area (Å²) in [6.07, 6.45) is 5.29. The van der Waals surface area contributed by atoms with E-state index in [4.69, 9.17) is 5.73 Å². The number of carbonyl (C=O) groups excluding carboxylic acids is 2. The Bertz CT molecular complexity index is 715. The van der Waals surface area contributed by atoms with E-state index in [9.17, 15) is 18.4 Å². The van der Waals surface area contributed by atoms with Gasteiger partial charge in [-0.2, -0.15) is 0 Å². The molecule has 5 nitrogen and oxygen atoms in total. The van der Waals surface area contributed by atoms with Crippen LogP contribution in [0.15, 0.2) is 54.9 Å². The van der Waals surface area contributed by atoms with Crippen molar-refractivity contribution in [3.63, 3.8) is 0 Å². The van der Waals surface area contributed by atoms with E-state index in [1.807, 2.05) is 0 Å². The molecule has 0 aliphatic heterocycles. The molecule has 0 unspecified atom stereocenters. The van der Waals surface area contributed by atoms with Gasteiger partial charge in [-0.15, -0.1) is 0 Å². The minimum atomic E-state index is -0.899. The summed E-state index contributed by atoms with van der Waals surface area (Å²) in [5, 5.41) is 5.20. The highest BCUT2D eigenvalue weighted by Gasteiger charge is 2.11. The minimum Gasteiger partial charge on any atom is -0.398 e. The van der Waals surface area contributed by atoms with Gasteiger partial charge in [-0.3, -0.25) is 9.59 Å². The van der Waals surface area contributed by atoms with Crippen molar-refractivity contribution in [1.82, 2.24) is 10.6 Å². The number of hydrogen-bond acceptors (Lipinski definition) is 3. The first-order valence-electron chi connectivity index (χ1n) is 8.15. The van der Waals surface area contributed by atoms with E-state index in [0.29, 0.717) is 44.0 Å². The minimum absolute atomic E-state index is 0.192. The lowest BCUT2D eigenvalue weighted by atomic mass is 10.1. The van der Waals surface area contributed by atoms with Gasteiger partial charge < -0.3 is 16.4 Å². The Morgan fingerprint density at radius 2 is 1.92 bits per heavy atom. The highest BCUT2D eigenvalue weighted by atomic mass is 19.1. The third-order valence-electron chi connectivity index (χ3n) is 3.45. The van der Waals surface area contributed by atoms with E-state index in [0.717, 1.165) is 12.1 Å². The van der Waals surface area contributed by atoms with Crippen LogP contribution in [0, 0.1) is 11.6 Å².